The summed E-state index contributed by atoms with van der Waals surface area (Å²) in [5, 5.41) is 16.0. The van der Waals surface area contributed by atoms with Crippen LogP contribution in [0.4, 0.5) is 17.1 Å². The smallest absolute Gasteiger partial charge is 0.273 e. The van der Waals surface area contributed by atoms with Crippen molar-refractivity contribution in [2.24, 2.45) is 0 Å². The highest BCUT2D eigenvalue weighted by molar-refractivity contribution is 9.11. The van der Waals surface area contributed by atoms with Gasteiger partial charge < -0.3 is 10.2 Å². The predicted molar refractivity (Wildman–Crippen MR) is 86.8 cm³/mol. The van der Waals surface area contributed by atoms with E-state index < -0.39 is 0 Å². The largest absolute Gasteiger partial charge is 0.388 e. The summed E-state index contributed by atoms with van der Waals surface area (Å²) in [4.78, 5) is 12.6. The highest BCUT2D eigenvalue weighted by atomic mass is 79.9. The van der Waals surface area contributed by atoms with Crippen LogP contribution < -0.4 is 10.2 Å². The molecule has 0 aliphatic heterocycles. The van der Waals surface area contributed by atoms with Gasteiger partial charge in [-0.05, 0) is 39.0 Å². The van der Waals surface area contributed by atoms with Crippen molar-refractivity contribution in [2.45, 2.75) is 6.54 Å². The minimum absolute atomic E-state index is 0.0881. The maximum atomic E-state index is 11.0. The first-order valence-electron chi connectivity index (χ1n) is 5.91. The summed E-state index contributed by atoms with van der Waals surface area (Å²) >= 11 is 5.06. The highest BCUT2D eigenvalue weighted by Crippen LogP contribution is 2.28. The van der Waals surface area contributed by atoms with Crippen molar-refractivity contribution < 1.29 is 4.92 Å². The van der Waals surface area contributed by atoms with Crippen molar-refractivity contribution in [1.82, 2.24) is 0 Å². The fourth-order valence-corrected chi connectivity index (χ4v) is 3.06. The zero-order valence-corrected chi connectivity index (χ0v) is 13.5. The Morgan fingerprint density at radius 1 is 1.40 bits per heavy atom. The molecule has 1 aromatic heterocycles. The number of benzene rings is 1. The van der Waals surface area contributed by atoms with E-state index in [1.807, 2.05) is 18.0 Å². The number of anilines is 2. The molecule has 2 rings (SSSR count). The van der Waals surface area contributed by atoms with Gasteiger partial charge in [-0.25, -0.2) is 0 Å². The average Bonchev–Trinajstić information content (AvgIpc) is 2.83. The third-order valence-corrected chi connectivity index (χ3v) is 4.44. The van der Waals surface area contributed by atoms with E-state index in [2.05, 4.69) is 32.7 Å². The summed E-state index contributed by atoms with van der Waals surface area (Å²) in [6.45, 7) is 0.701. The van der Waals surface area contributed by atoms with Gasteiger partial charge in [-0.1, -0.05) is 0 Å². The standard InChI is InChI=1S/C13H14BrN3O2S/c1-15-10-4-11(6-12(5-10)17(18)19)16(2)7-9-3-13(14)20-8-9/h3-6,8,15H,7H2,1-2H3. The zero-order valence-electron chi connectivity index (χ0n) is 11.1. The van der Waals surface area contributed by atoms with Crippen LogP contribution in [-0.2, 0) is 6.54 Å². The second-order valence-corrected chi connectivity index (χ2v) is 6.65. The SMILES string of the molecule is CNc1cc(N(C)Cc2csc(Br)c2)cc([N+](=O)[O-])c1. The lowest BCUT2D eigenvalue weighted by Crippen LogP contribution is -2.16. The van der Waals surface area contributed by atoms with E-state index in [1.54, 1.807) is 24.5 Å². The van der Waals surface area contributed by atoms with Crippen LogP contribution in [0.3, 0.4) is 0 Å². The molecule has 0 aliphatic carbocycles. The van der Waals surface area contributed by atoms with Crippen LogP contribution in [0.5, 0.6) is 0 Å². The van der Waals surface area contributed by atoms with Crippen LogP contribution in [-0.4, -0.2) is 19.0 Å². The summed E-state index contributed by atoms with van der Waals surface area (Å²) in [7, 11) is 3.67. The Balaban J connectivity index is 2.26. The molecule has 0 aliphatic rings. The second-order valence-electron chi connectivity index (χ2n) is 4.36. The summed E-state index contributed by atoms with van der Waals surface area (Å²) in [6, 6.07) is 7.06. The number of thiophene rings is 1. The van der Waals surface area contributed by atoms with E-state index in [-0.39, 0.29) is 10.6 Å². The fourth-order valence-electron chi connectivity index (χ4n) is 1.86. The van der Waals surface area contributed by atoms with Crippen LogP contribution in [0.2, 0.25) is 0 Å². The maximum Gasteiger partial charge on any atom is 0.273 e. The van der Waals surface area contributed by atoms with Gasteiger partial charge in [-0.3, -0.25) is 10.1 Å². The molecule has 0 saturated carbocycles. The normalized spacial score (nSPS) is 10.3. The molecule has 0 atom stereocenters. The zero-order chi connectivity index (χ0) is 14.7. The van der Waals surface area contributed by atoms with Gasteiger partial charge in [-0.2, -0.15) is 0 Å². The number of rotatable bonds is 5. The van der Waals surface area contributed by atoms with Gasteiger partial charge in [0.15, 0.2) is 0 Å². The minimum atomic E-state index is -0.376. The molecule has 0 saturated heterocycles. The molecule has 1 aromatic carbocycles. The van der Waals surface area contributed by atoms with E-state index in [0.29, 0.717) is 6.54 Å². The van der Waals surface area contributed by atoms with Gasteiger partial charge in [-0.15, -0.1) is 11.3 Å². The van der Waals surface area contributed by atoms with Gasteiger partial charge in [0.2, 0.25) is 0 Å². The van der Waals surface area contributed by atoms with E-state index in [1.165, 1.54) is 11.6 Å². The molecule has 0 spiro atoms. The molecule has 0 amide bonds. The average molecular weight is 356 g/mol. The number of hydrogen-bond donors (Lipinski definition) is 1. The van der Waals surface area contributed by atoms with Crippen molar-refractivity contribution in [3.05, 3.63) is 49.1 Å². The van der Waals surface area contributed by atoms with Crippen LogP contribution in [0, 0.1) is 10.1 Å². The molecular formula is C13H14BrN3O2S. The molecule has 0 bridgehead atoms. The first-order chi connectivity index (χ1) is 9.49. The number of nitrogens with one attached hydrogen (secondary N) is 1. The highest BCUT2D eigenvalue weighted by Gasteiger charge is 2.12. The predicted octanol–water partition coefficient (Wildman–Crippen LogP) is 4.10. The number of halogens is 1. The minimum Gasteiger partial charge on any atom is -0.388 e. The van der Waals surface area contributed by atoms with Crippen LogP contribution in [0.1, 0.15) is 5.56 Å². The van der Waals surface area contributed by atoms with Crippen molar-refractivity contribution in [3.8, 4) is 0 Å². The topological polar surface area (TPSA) is 58.4 Å². The molecule has 0 radical (unpaired) electrons. The Hall–Kier alpha value is -1.60. The molecule has 0 fully saturated rings. The molecule has 0 unspecified atom stereocenters. The van der Waals surface area contributed by atoms with Gasteiger partial charge >= 0.3 is 0 Å². The lowest BCUT2D eigenvalue weighted by Gasteiger charge is -2.19. The van der Waals surface area contributed by atoms with Crippen LogP contribution in [0.15, 0.2) is 33.4 Å². The van der Waals surface area contributed by atoms with Gasteiger partial charge in [0.05, 0.1) is 8.71 Å². The fraction of sp³-hybridized carbons (Fsp3) is 0.231. The molecule has 106 valence electrons. The molecule has 1 heterocycles. The number of nitro benzene ring substituents is 1. The van der Waals surface area contributed by atoms with Crippen molar-refractivity contribution >= 4 is 44.3 Å². The molecule has 2 aromatic rings. The Morgan fingerprint density at radius 2 is 2.15 bits per heavy atom. The van der Waals surface area contributed by atoms with Crippen molar-refractivity contribution in [1.29, 1.82) is 0 Å². The van der Waals surface area contributed by atoms with Gasteiger partial charge in [0.25, 0.3) is 5.69 Å². The Morgan fingerprint density at radius 3 is 2.70 bits per heavy atom. The van der Waals surface area contributed by atoms with Gasteiger partial charge in [0, 0.05) is 44.1 Å². The van der Waals surface area contributed by atoms with Gasteiger partial charge in [0.1, 0.15) is 0 Å². The van der Waals surface area contributed by atoms with Crippen LogP contribution in [0.25, 0.3) is 0 Å². The quantitative estimate of drug-likeness (QED) is 0.647. The maximum absolute atomic E-state index is 11.0. The van der Waals surface area contributed by atoms with E-state index in [9.17, 15) is 10.1 Å². The lowest BCUT2D eigenvalue weighted by molar-refractivity contribution is -0.384. The monoisotopic (exact) mass is 355 g/mol. The Kier molecular flexibility index (Phi) is 4.61. The summed E-state index contributed by atoms with van der Waals surface area (Å²) in [6.07, 6.45) is 0. The van der Waals surface area contributed by atoms with Crippen molar-refractivity contribution in [2.75, 3.05) is 24.3 Å². The van der Waals surface area contributed by atoms with E-state index in [0.717, 1.165) is 15.2 Å². The second kappa shape index (κ2) is 6.23. The number of nitrogens with zero attached hydrogens (tertiary/aromatic N) is 2. The Labute approximate surface area is 129 Å². The van der Waals surface area contributed by atoms with Crippen molar-refractivity contribution in [3.63, 3.8) is 0 Å². The summed E-state index contributed by atoms with van der Waals surface area (Å²) in [5.41, 5.74) is 2.80. The van der Waals surface area contributed by atoms with E-state index >= 15 is 0 Å². The first kappa shape index (κ1) is 14.8. The molecule has 7 heteroatoms. The van der Waals surface area contributed by atoms with Crippen LogP contribution >= 0.6 is 27.3 Å². The number of hydrogen-bond acceptors (Lipinski definition) is 5. The third-order valence-electron chi connectivity index (χ3n) is 2.88. The first-order valence-corrected chi connectivity index (χ1v) is 7.58. The molecule has 1 N–H and O–H groups in total. The lowest BCUT2D eigenvalue weighted by atomic mass is 10.2. The van der Waals surface area contributed by atoms with E-state index in [4.69, 9.17) is 0 Å². The number of non-ortho nitro benzene ring substituents is 1. The third kappa shape index (κ3) is 3.49. The molecule has 5 nitrogen and oxygen atoms in total. The summed E-state index contributed by atoms with van der Waals surface area (Å²) in [5.74, 6) is 0. The Bertz CT molecular complexity index is 630. The molecular weight excluding hydrogens is 342 g/mol. The summed E-state index contributed by atoms with van der Waals surface area (Å²) < 4.78 is 1.08. The molecule has 20 heavy (non-hydrogen) atoms. The number of nitro groups is 1.